The zero-order chi connectivity index (χ0) is 12.3. The Bertz CT molecular complexity index is 366. The Morgan fingerprint density at radius 2 is 2.53 bits per heavy atom. The van der Waals surface area contributed by atoms with Gasteiger partial charge in [0.1, 0.15) is 0 Å². The Morgan fingerprint density at radius 3 is 3.18 bits per heavy atom. The van der Waals surface area contributed by atoms with Gasteiger partial charge in [0.05, 0.1) is 17.7 Å². The van der Waals surface area contributed by atoms with Gasteiger partial charge in [0, 0.05) is 25.5 Å². The average Bonchev–Trinajstić information content (AvgIpc) is 2.80. The highest BCUT2D eigenvalue weighted by atomic mass is 32.1. The first-order chi connectivity index (χ1) is 8.16. The van der Waals surface area contributed by atoms with E-state index in [1.165, 1.54) is 6.42 Å². The van der Waals surface area contributed by atoms with Crippen LogP contribution in [-0.4, -0.2) is 41.0 Å². The van der Waals surface area contributed by atoms with Gasteiger partial charge in [-0.1, -0.05) is 6.92 Å². The number of piperidine rings is 1. The number of rotatable bonds is 2. The van der Waals surface area contributed by atoms with Gasteiger partial charge in [0.25, 0.3) is 0 Å². The Kier molecular flexibility index (Phi) is 3.99. The molecule has 1 aromatic heterocycles. The summed E-state index contributed by atoms with van der Waals surface area (Å²) >= 11 is 1.57. The van der Waals surface area contributed by atoms with Crippen molar-refractivity contribution in [2.24, 2.45) is 5.92 Å². The molecule has 5 heteroatoms. The van der Waals surface area contributed by atoms with Gasteiger partial charge in [-0.15, -0.1) is 11.3 Å². The van der Waals surface area contributed by atoms with E-state index in [1.54, 1.807) is 21.7 Å². The summed E-state index contributed by atoms with van der Waals surface area (Å²) in [5.74, 6) is 0.625. The fourth-order valence-electron chi connectivity index (χ4n) is 2.23. The summed E-state index contributed by atoms with van der Waals surface area (Å²) in [5.41, 5.74) is 2.77. The third kappa shape index (κ3) is 3.19. The highest BCUT2D eigenvalue weighted by Gasteiger charge is 2.23. The van der Waals surface area contributed by atoms with Crippen LogP contribution in [0.4, 0.5) is 4.79 Å². The van der Waals surface area contributed by atoms with E-state index in [1.807, 2.05) is 17.3 Å². The van der Waals surface area contributed by atoms with Crippen LogP contribution in [0.3, 0.4) is 0 Å². The minimum absolute atomic E-state index is 0.129. The van der Waals surface area contributed by atoms with Crippen molar-refractivity contribution in [3.05, 3.63) is 16.6 Å². The van der Waals surface area contributed by atoms with Crippen LogP contribution in [0.2, 0.25) is 0 Å². The maximum absolute atomic E-state index is 12.2. The quantitative estimate of drug-likeness (QED) is 0.811. The lowest BCUT2D eigenvalue weighted by atomic mass is 10.0. The number of likely N-dealkylation sites (tertiary alicyclic amines) is 1. The van der Waals surface area contributed by atoms with Crippen molar-refractivity contribution < 1.29 is 4.79 Å². The molecule has 0 spiro atoms. The van der Waals surface area contributed by atoms with Crippen LogP contribution in [0.5, 0.6) is 0 Å². The zero-order valence-corrected chi connectivity index (χ0v) is 11.2. The molecule has 17 heavy (non-hydrogen) atoms. The third-order valence-electron chi connectivity index (χ3n) is 3.14. The van der Waals surface area contributed by atoms with E-state index in [4.69, 9.17) is 0 Å². The Morgan fingerprint density at radius 1 is 1.71 bits per heavy atom. The molecule has 2 heterocycles. The smallest absolute Gasteiger partial charge is 0.320 e. The lowest BCUT2D eigenvalue weighted by Crippen LogP contribution is -2.45. The highest BCUT2D eigenvalue weighted by Crippen LogP contribution is 2.17. The van der Waals surface area contributed by atoms with E-state index in [0.29, 0.717) is 12.5 Å². The summed E-state index contributed by atoms with van der Waals surface area (Å²) in [6, 6.07) is 0.129. The van der Waals surface area contributed by atoms with Crippen LogP contribution in [0.15, 0.2) is 10.9 Å². The van der Waals surface area contributed by atoms with Crippen LogP contribution in [-0.2, 0) is 6.54 Å². The Labute approximate surface area is 106 Å². The maximum atomic E-state index is 12.2. The molecule has 1 aliphatic rings. The molecule has 0 N–H and O–H groups in total. The summed E-state index contributed by atoms with van der Waals surface area (Å²) in [6.45, 7) is 4.60. The lowest BCUT2D eigenvalue weighted by molar-refractivity contribution is 0.137. The number of thiazole rings is 1. The molecule has 1 atom stereocenters. The van der Waals surface area contributed by atoms with Gasteiger partial charge in [-0.05, 0) is 18.8 Å². The number of aromatic nitrogens is 1. The van der Waals surface area contributed by atoms with Crippen LogP contribution in [0.1, 0.15) is 25.5 Å². The van der Waals surface area contributed by atoms with Gasteiger partial charge >= 0.3 is 6.03 Å². The number of urea groups is 1. The SMILES string of the molecule is CC1CCCN(C(=O)N(C)Cc2cscn2)C1. The van der Waals surface area contributed by atoms with Gasteiger partial charge in [0.2, 0.25) is 0 Å². The molecule has 1 saturated heterocycles. The van der Waals surface area contributed by atoms with Gasteiger partial charge in [-0.3, -0.25) is 0 Å². The van der Waals surface area contributed by atoms with Crippen molar-refractivity contribution in [1.82, 2.24) is 14.8 Å². The average molecular weight is 253 g/mol. The Balaban J connectivity index is 1.90. The molecule has 1 aromatic rings. The van der Waals surface area contributed by atoms with E-state index in [9.17, 15) is 4.79 Å². The molecule has 0 aliphatic carbocycles. The number of carbonyl (C=O) groups excluding carboxylic acids is 1. The van der Waals surface area contributed by atoms with Gasteiger partial charge in [0.15, 0.2) is 0 Å². The molecule has 1 fully saturated rings. The predicted octanol–water partition coefficient (Wildman–Crippen LogP) is 2.43. The second-order valence-corrected chi connectivity index (χ2v) is 5.53. The second-order valence-electron chi connectivity index (χ2n) is 4.81. The van der Waals surface area contributed by atoms with Crippen LogP contribution in [0, 0.1) is 5.92 Å². The molecular formula is C12H19N3OS. The summed E-state index contributed by atoms with van der Waals surface area (Å²) in [5, 5.41) is 1.99. The molecule has 0 bridgehead atoms. The maximum Gasteiger partial charge on any atom is 0.320 e. The molecule has 2 amide bonds. The molecule has 0 aromatic carbocycles. The molecule has 0 radical (unpaired) electrons. The predicted molar refractivity (Wildman–Crippen MR) is 68.9 cm³/mol. The van der Waals surface area contributed by atoms with Crippen molar-refractivity contribution in [3.8, 4) is 0 Å². The zero-order valence-electron chi connectivity index (χ0n) is 10.4. The normalized spacial score (nSPS) is 20.4. The van der Waals surface area contributed by atoms with Crippen molar-refractivity contribution in [1.29, 1.82) is 0 Å². The first kappa shape index (κ1) is 12.4. The van der Waals surface area contributed by atoms with Crippen molar-refractivity contribution in [3.63, 3.8) is 0 Å². The first-order valence-electron chi connectivity index (χ1n) is 6.04. The minimum atomic E-state index is 0.129. The number of amides is 2. The number of carbonyl (C=O) groups is 1. The molecule has 94 valence electrons. The first-order valence-corrected chi connectivity index (χ1v) is 6.98. The van der Waals surface area contributed by atoms with Crippen LogP contribution in [0.25, 0.3) is 0 Å². The van der Waals surface area contributed by atoms with Gasteiger partial charge < -0.3 is 9.80 Å². The molecule has 1 aliphatic heterocycles. The topological polar surface area (TPSA) is 36.4 Å². The fraction of sp³-hybridized carbons (Fsp3) is 0.667. The molecule has 1 unspecified atom stereocenters. The van der Waals surface area contributed by atoms with Crippen molar-refractivity contribution in [2.45, 2.75) is 26.3 Å². The molecule has 2 rings (SSSR count). The minimum Gasteiger partial charge on any atom is -0.324 e. The second kappa shape index (κ2) is 5.49. The number of hydrogen-bond acceptors (Lipinski definition) is 3. The standard InChI is InChI=1S/C12H19N3OS/c1-10-4-3-5-15(6-10)12(16)14(2)7-11-8-17-9-13-11/h8-10H,3-7H2,1-2H3. The molecule has 0 saturated carbocycles. The largest absolute Gasteiger partial charge is 0.324 e. The van der Waals surface area contributed by atoms with E-state index >= 15 is 0 Å². The summed E-state index contributed by atoms with van der Waals surface area (Å²) in [4.78, 5) is 20.1. The van der Waals surface area contributed by atoms with E-state index in [0.717, 1.165) is 25.2 Å². The fourth-order valence-corrected chi connectivity index (χ4v) is 2.78. The van der Waals surface area contributed by atoms with E-state index in [2.05, 4.69) is 11.9 Å². The number of hydrogen-bond donors (Lipinski definition) is 0. The molecular weight excluding hydrogens is 234 g/mol. The van der Waals surface area contributed by atoms with Crippen LogP contribution < -0.4 is 0 Å². The summed E-state index contributed by atoms with van der Waals surface area (Å²) < 4.78 is 0. The lowest BCUT2D eigenvalue weighted by Gasteiger charge is -2.33. The van der Waals surface area contributed by atoms with E-state index in [-0.39, 0.29) is 6.03 Å². The van der Waals surface area contributed by atoms with Crippen molar-refractivity contribution in [2.75, 3.05) is 20.1 Å². The third-order valence-corrected chi connectivity index (χ3v) is 3.77. The molecule has 4 nitrogen and oxygen atoms in total. The monoisotopic (exact) mass is 253 g/mol. The van der Waals surface area contributed by atoms with Gasteiger partial charge in [-0.25, -0.2) is 9.78 Å². The van der Waals surface area contributed by atoms with Crippen LogP contribution >= 0.6 is 11.3 Å². The highest BCUT2D eigenvalue weighted by molar-refractivity contribution is 7.07. The van der Waals surface area contributed by atoms with E-state index < -0.39 is 0 Å². The van der Waals surface area contributed by atoms with Gasteiger partial charge in [-0.2, -0.15) is 0 Å². The summed E-state index contributed by atoms with van der Waals surface area (Å²) in [7, 11) is 1.85. The van der Waals surface area contributed by atoms with Crippen molar-refractivity contribution >= 4 is 17.4 Å². The summed E-state index contributed by atoms with van der Waals surface area (Å²) in [6.07, 6.45) is 2.36. The Hall–Kier alpha value is -1.10. The number of nitrogens with zero attached hydrogens (tertiary/aromatic N) is 3.